The number of benzene rings is 2. The highest BCUT2D eigenvalue weighted by Crippen LogP contribution is 2.23. The van der Waals surface area contributed by atoms with Crippen molar-refractivity contribution in [3.05, 3.63) is 60.2 Å². The number of hydrogen-bond donors (Lipinski definition) is 0. The van der Waals surface area contributed by atoms with Gasteiger partial charge in [0.25, 0.3) is 10.0 Å². The van der Waals surface area contributed by atoms with E-state index in [4.69, 9.17) is 9.47 Å². The summed E-state index contributed by atoms with van der Waals surface area (Å²) in [5.74, 6) is 0.524. The Balaban J connectivity index is 2.41. The molecule has 0 heterocycles. The van der Waals surface area contributed by atoms with Gasteiger partial charge in [-0.2, -0.15) is 4.31 Å². The van der Waals surface area contributed by atoms with Crippen LogP contribution in [0.2, 0.25) is 0 Å². The van der Waals surface area contributed by atoms with Crippen molar-refractivity contribution in [1.82, 2.24) is 4.31 Å². The van der Waals surface area contributed by atoms with Crippen LogP contribution in [0.25, 0.3) is 0 Å². The molecule has 0 saturated carbocycles. The first-order chi connectivity index (χ1) is 12.1. The van der Waals surface area contributed by atoms with Crippen LogP contribution in [-0.2, 0) is 21.3 Å². The molecule has 2 aromatic rings. The third-order valence-electron chi connectivity index (χ3n) is 3.41. The molecule has 0 saturated heterocycles. The number of rotatable bonds is 5. The lowest BCUT2D eigenvalue weighted by Gasteiger charge is -2.27. The predicted molar refractivity (Wildman–Crippen MR) is 98.4 cm³/mol. The van der Waals surface area contributed by atoms with E-state index in [0.29, 0.717) is 11.3 Å². The molecule has 0 N–H and O–H groups in total. The summed E-state index contributed by atoms with van der Waals surface area (Å²) in [4.78, 5) is 12.6. The van der Waals surface area contributed by atoms with Crippen LogP contribution < -0.4 is 4.74 Å². The molecule has 1 amide bonds. The Morgan fingerprint density at radius 1 is 1.00 bits per heavy atom. The molecule has 0 radical (unpaired) electrons. The number of carbonyl (C=O) groups excluding carboxylic acids is 1. The predicted octanol–water partition coefficient (Wildman–Crippen LogP) is 3.82. The summed E-state index contributed by atoms with van der Waals surface area (Å²) < 4.78 is 37.2. The van der Waals surface area contributed by atoms with Gasteiger partial charge in [-0.25, -0.2) is 13.2 Å². The zero-order chi connectivity index (χ0) is 19.4. The van der Waals surface area contributed by atoms with Gasteiger partial charge in [0.05, 0.1) is 18.6 Å². The second-order valence-corrected chi connectivity index (χ2v) is 8.52. The normalized spacial score (nSPS) is 11.7. The fourth-order valence-electron chi connectivity index (χ4n) is 2.18. The zero-order valence-corrected chi connectivity index (χ0v) is 16.1. The number of amides is 1. The fraction of sp³-hybridized carbons (Fsp3) is 0.316. The zero-order valence-electron chi connectivity index (χ0n) is 15.3. The largest absolute Gasteiger partial charge is 0.497 e. The second kappa shape index (κ2) is 7.78. The summed E-state index contributed by atoms with van der Waals surface area (Å²) in [6.45, 7) is 4.94. The van der Waals surface area contributed by atoms with Crippen molar-refractivity contribution >= 4 is 16.1 Å². The maximum Gasteiger partial charge on any atom is 0.424 e. The van der Waals surface area contributed by atoms with E-state index in [1.165, 1.54) is 31.4 Å². The van der Waals surface area contributed by atoms with Gasteiger partial charge in [0.15, 0.2) is 0 Å². The molecule has 26 heavy (non-hydrogen) atoms. The molecule has 0 aliphatic carbocycles. The molecule has 0 aliphatic heterocycles. The third-order valence-corrected chi connectivity index (χ3v) is 5.14. The highest BCUT2D eigenvalue weighted by molar-refractivity contribution is 7.89. The summed E-state index contributed by atoms with van der Waals surface area (Å²) >= 11 is 0. The quantitative estimate of drug-likeness (QED) is 0.792. The second-order valence-electron chi connectivity index (χ2n) is 6.65. The molecular weight excluding hydrogens is 354 g/mol. The molecule has 2 rings (SSSR count). The van der Waals surface area contributed by atoms with Gasteiger partial charge in [-0.05, 0) is 50.6 Å². The lowest BCUT2D eigenvalue weighted by molar-refractivity contribution is 0.0381. The van der Waals surface area contributed by atoms with Crippen LogP contribution in [0.1, 0.15) is 26.3 Å². The fourth-order valence-corrected chi connectivity index (χ4v) is 3.47. The van der Waals surface area contributed by atoms with E-state index in [-0.39, 0.29) is 11.4 Å². The number of carbonyl (C=O) groups is 1. The maximum atomic E-state index is 13.0. The molecule has 6 nitrogen and oxygen atoms in total. The molecule has 0 fully saturated rings. The van der Waals surface area contributed by atoms with E-state index in [0.717, 1.165) is 4.31 Å². The van der Waals surface area contributed by atoms with Gasteiger partial charge >= 0.3 is 6.09 Å². The lowest BCUT2D eigenvalue weighted by Crippen LogP contribution is -2.40. The number of nitrogens with zero attached hydrogens (tertiary/aromatic N) is 1. The van der Waals surface area contributed by atoms with Crippen LogP contribution in [-0.4, -0.2) is 31.5 Å². The smallest absolute Gasteiger partial charge is 0.424 e. The van der Waals surface area contributed by atoms with E-state index in [2.05, 4.69) is 0 Å². The van der Waals surface area contributed by atoms with Crippen molar-refractivity contribution in [2.24, 2.45) is 0 Å². The van der Waals surface area contributed by atoms with E-state index >= 15 is 0 Å². The topological polar surface area (TPSA) is 72.9 Å². The van der Waals surface area contributed by atoms with Crippen LogP contribution in [0, 0.1) is 0 Å². The minimum atomic E-state index is -4.09. The first kappa shape index (κ1) is 19.8. The summed E-state index contributed by atoms with van der Waals surface area (Å²) in [5, 5.41) is 0. The average Bonchev–Trinajstić information content (AvgIpc) is 2.59. The van der Waals surface area contributed by atoms with Gasteiger partial charge < -0.3 is 9.47 Å². The Bertz CT molecular complexity index is 840. The first-order valence-electron chi connectivity index (χ1n) is 8.07. The van der Waals surface area contributed by atoms with Gasteiger partial charge in [-0.15, -0.1) is 0 Å². The molecule has 7 heteroatoms. The Hall–Kier alpha value is -2.54. The summed E-state index contributed by atoms with van der Waals surface area (Å²) in [7, 11) is -2.60. The third kappa shape index (κ3) is 4.98. The van der Waals surface area contributed by atoms with Crippen LogP contribution >= 0.6 is 0 Å². The van der Waals surface area contributed by atoms with Crippen LogP contribution in [0.5, 0.6) is 5.75 Å². The van der Waals surface area contributed by atoms with Crippen molar-refractivity contribution in [2.45, 2.75) is 37.8 Å². The van der Waals surface area contributed by atoms with Crippen LogP contribution in [0.3, 0.4) is 0 Å². The van der Waals surface area contributed by atoms with Crippen LogP contribution in [0.4, 0.5) is 4.79 Å². The number of methoxy groups -OCH3 is 1. The summed E-state index contributed by atoms with van der Waals surface area (Å²) in [6, 6.07) is 14.7. The molecule has 2 aromatic carbocycles. The Morgan fingerprint density at radius 3 is 2.08 bits per heavy atom. The average molecular weight is 377 g/mol. The SMILES string of the molecule is COc1ccc(S(=O)(=O)N(Cc2ccccc2)C(=O)OC(C)(C)C)cc1. The maximum absolute atomic E-state index is 13.0. The monoisotopic (exact) mass is 377 g/mol. The van der Waals surface area contributed by atoms with Crippen molar-refractivity contribution < 1.29 is 22.7 Å². The van der Waals surface area contributed by atoms with Crippen molar-refractivity contribution in [3.63, 3.8) is 0 Å². The van der Waals surface area contributed by atoms with E-state index < -0.39 is 21.7 Å². The van der Waals surface area contributed by atoms with Crippen molar-refractivity contribution in [3.8, 4) is 5.75 Å². The molecule has 0 bridgehead atoms. The lowest BCUT2D eigenvalue weighted by atomic mass is 10.2. The Kier molecular flexibility index (Phi) is 5.92. The molecular formula is C19H23NO5S. The minimum Gasteiger partial charge on any atom is -0.497 e. The Labute approximate surface area is 154 Å². The number of hydrogen-bond acceptors (Lipinski definition) is 5. The standard InChI is InChI=1S/C19H23NO5S/c1-19(2,3)25-18(21)20(14-15-8-6-5-7-9-15)26(22,23)17-12-10-16(24-4)11-13-17/h5-13H,14H2,1-4H3. The van der Waals surface area contributed by atoms with Gasteiger partial charge in [0.2, 0.25) is 0 Å². The summed E-state index contributed by atoms with van der Waals surface area (Å²) in [6.07, 6.45) is -0.919. The molecule has 0 spiro atoms. The van der Waals surface area contributed by atoms with Crippen molar-refractivity contribution in [2.75, 3.05) is 7.11 Å². The number of sulfonamides is 1. The molecule has 0 unspecified atom stereocenters. The molecule has 140 valence electrons. The van der Waals surface area contributed by atoms with Crippen molar-refractivity contribution in [1.29, 1.82) is 0 Å². The first-order valence-corrected chi connectivity index (χ1v) is 9.51. The van der Waals surface area contributed by atoms with E-state index in [1.54, 1.807) is 45.0 Å². The highest BCUT2D eigenvalue weighted by Gasteiger charge is 2.33. The summed E-state index contributed by atoms with van der Waals surface area (Å²) in [5.41, 5.74) is -0.142. The minimum absolute atomic E-state index is 0.0138. The van der Waals surface area contributed by atoms with Crippen LogP contribution in [0.15, 0.2) is 59.5 Å². The van der Waals surface area contributed by atoms with Gasteiger partial charge in [-0.1, -0.05) is 30.3 Å². The Morgan fingerprint density at radius 2 is 1.58 bits per heavy atom. The van der Waals surface area contributed by atoms with Gasteiger partial charge in [0.1, 0.15) is 11.4 Å². The van der Waals surface area contributed by atoms with E-state index in [1.807, 2.05) is 6.07 Å². The number of ether oxygens (including phenoxy) is 2. The van der Waals surface area contributed by atoms with Gasteiger partial charge in [0, 0.05) is 0 Å². The molecule has 0 aliphatic rings. The molecule has 0 aromatic heterocycles. The highest BCUT2D eigenvalue weighted by atomic mass is 32.2. The van der Waals surface area contributed by atoms with E-state index in [9.17, 15) is 13.2 Å². The van der Waals surface area contributed by atoms with Gasteiger partial charge in [-0.3, -0.25) is 0 Å². The molecule has 0 atom stereocenters.